The Kier molecular flexibility index (Phi) is 6.39. The third kappa shape index (κ3) is 3.97. The molecule has 0 unspecified atom stereocenters. The Morgan fingerprint density at radius 2 is 1.00 bits per heavy atom. The van der Waals surface area contributed by atoms with Gasteiger partial charge in [0.1, 0.15) is 0 Å². The lowest BCUT2D eigenvalue weighted by molar-refractivity contribution is 0.185. The van der Waals surface area contributed by atoms with E-state index in [1.165, 1.54) is 15.9 Å². The van der Waals surface area contributed by atoms with E-state index < -0.39 is 6.04 Å². The first-order chi connectivity index (χ1) is 12.7. The monoisotopic (exact) mass is 382 g/mol. The van der Waals surface area contributed by atoms with Crippen molar-refractivity contribution in [2.24, 2.45) is 0 Å². The molecule has 0 amide bonds. The number of benzene rings is 3. The van der Waals surface area contributed by atoms with E-state index in [4.69, 9.17) is 21.3 Å². The van der Waals surface area contributed by atoms with Crippen LogP contribution in [0.4, 0.5) is 0 Å². The van der Waals surface area contributed by atoms with Crippen molar-refractivity contribution in [3.8, 4) is 0 Å². The zero-order valence-corrected chi connectivity index (χ0v) is 16.8. The van der Waals surface area contributed by atoms with Crippen LogP contribution in [-0.2, 0) is 34.5 Å². The summed E-state index contributed by atoms with van der Waals surface area (Å²) < 4.78 is 10.5. The highest BCUT2D eigenvalue weighted by Gasteiger charge is 2.24. The van der Waals surface area contributed by atoms with E-state index in [0.717, 1.165) is 11.1 Å². The largest absolute Gasteiger partial charge is 0.380 e. The van der Waals surface area contributed by atoms with Crippen LogP contribution < -0.4 is 15.9 Å². The average Bonchev–Trinajstić information content (AvgIpc) is 2.70. The van der Waals surface area contributed by atoms with Crippen LogP contribution in [0, 0.1) is 0 Å². The van der Waals surface area contributed by atoms with Gasteiger partial charge in [-0.1, -0.05) is 90.7 Å². The summed E-state index contributed by atoms with van der Waals surface area (Å²) in [6.07, 6.45) is 0. The van der Waals surface area contributed by atoms with E-state index in [1.807, 2.05) is 6.07 Å². The fourth-order valence-electron chi connectivity index (χ4n) is 3.02. The second-order valence-electron chi connectivity index (χ2n) is 6.14. The second kappa shape index (κ2) is 8.75. The molecule has 3 aromatic rings. The zero-order chi connectivity index (χ0) is 18.4. The lowest BCUT2D eigenvalue weighted by Crippen LogP contribution is -2.24. The summed E-state index contributed by atoms with van der Waals surface area (Å²) in [7, 11) is 3.42. The van der Waals surface area contributed by atoms with Crippen molar-refractivity contribution in [3.05, 3.63) is 90.0 Å². The van der Waals surface area contributed by atoms with Crippen LogP contribution in [0.15, 0.2) is 78.9 Å². The molecule has 0 saturated heterocycles. The third-order valence-corrected chi connectivity index (χ3v) is 9.32. The minimum absolute atomic E-state index is 0.611. The van der Waals surface area contributed by atoms with Crippen LogP contribution >= 0.6 is 6.04 Å². The molecule has 0 N–H and O–H groups in total. The van der Waals surface area contributed by atoms with Gasteiger partial charge in [0.2, 0.25) is 0 Å². The minimum Gasteiger partial charge on any atom is -0.380 e. The van der Waals surface area contributed by atoms with Gasteiger partial charge < -0.3 is 9.47 Å². The molecule has 0 aromatic heterocycles. The van der Waals surface area contributed by atoms with E-state index in [9.17, 15) is 0 Å². The molecule has 3 aromatic carbocycles. The summed E-state index contributed by atoms with van der Waals surface area (Å²) in [6, 6.07) is 25.4. The molecule has 0 spiro atoms. The highest BCUT2D eigenvalue weighted by Crippen LogP contribution is 2.42. The molecule has 4 heteroatoms. The Hall–Kier alpha value is -1.77. The van der Waals surface area contributed by atoms with E-state index in [0.29, 0.717) is 13.2 Å². The summed E-state index contributed by atoms with van der Waals surface area (Å²) in [5.41, 5.74) is 2.31. The van der Waals surface area contributed by atoms with Crippen molar-refractivity contribution in [1.29, 1.82) is 0 Å². The molecule has 0 aliphatic carbocycles. The molecular weight excluding hydrogens is 359 g/mol. The van der Waals surface area contributed by atoms with Crippen LogP contribution in [0.1, 0.15) is 11.1 Å². The molecule has 0 fully saturated rings. The van der Waals surface area contributed by atoms with Crippen LogP contribution in [0.2, 0.25) is 0 Å². The van der Waals surface area contributed by atoms with Crippen molar-refractivity contribution < 1.29 is 9.47 Å². The number of rotatable bonds is 7. The van der Waals surface area contributed by atoms with Gasteiger partial charge in [-0.3, -0.25) is 0 Å². The fourth-order valence-corrected chi connectivity index (χ4v) is 6.74. The van der Waals surface area contributed by atoms with Crippen LogP contribution in [0.5, 0.6) is 0 Å². The van der Waals surface area contributed by atoms with Crippen molar-refractivity contribution >= 4 is 33.8 Å². The lowest BCUT2D eigenvalue weighted by atomic mass is 10.2. The molecule has 3 rings (SSSR count). The first-order valence-corrected chi connectivity index (χ1v) is 11.3. The predicted octanol–water partition coefficient (Wildman–Crippen LogP) is 3.74. The molecule has 0 aliphatic heterocycles. The molecule has 0 atom stereocenters. The van der Waals surface area contributed by atoms with Gasteiger partial charge in [-0.05, 0) is 27.0 Å². The molecule has 0 bridgehead atoms. The Balaban J connectivity index is 2.09. The number of ether oxygens (including phenoxy) is 2. The van der Waals surface area contributed by atoms with Gasteiger partial charge in [-0.15, -0.1) is 0 Å². The van der Waals surface area contributed by atoms with Crippen LogP contribution in [0.3, 0.4) is 0 Å². The van der Waals surface area contributed by atoms with Crippen molar-refractivity contribution in [3.63, 3.8) is 0 Å². The normalized spacial score (nSPS) is 11.5. The smallest absolute Gasteiger partial charge is 0.0713 e. The Bertz CT molecular complexity index is 821. The topological polar surface area (TPSA) is 18.5 Å². The highest BCUT2D eigenvalue weighted by atomic mass is 32.4. The first-order valence-electron chi connectivity index (χ1n) is 8.51. The number of hydrogen-bond donors (Lipinski definition) is 0. The molecule has 0 aliphatic rings. The van der Waals surface area contributed by atoms with Crippen LogP contribution in [0.25, 0.3) is 0 Å². The summed E-state index contributed by atoms with van der Waals surface area (Å²) in [4.78, 5) is 0. The number of methoxy groups -OCH3 is 2. The molecule has 26 heavy (non-hydrogen) atoms. The maximum Gasteiger partial charge on any atom is 0.0713 e. The van der Waals surface area contributed by atoms with Gasteiger partial charge in [-0.25, -0.2) is 0 Å². The van der Waals surface area contributed by atoms with Crippen molar-refractivity contribution in [2.45, 2.75) is 13.2 Å². The summed E-state index contributed by atoms with van der Waals surface area (Å²) in [5.74, 6) is 0. The standard InChI is InChI=1S/C22H23O2PS/c1-23-16-18-8-12-21(13-9-18)25(26,20-6-4-3-5-7-20)22-14-10-19(11-15-22)17-24-2/h3-15H,16-17H2,1-2H3. The fraction of sp³-hybridized carbons (Fsp3) is 0.182. The Morgan fingerprint density at radius 1 is 0.615 bits per heavy atom. The van der Waals surface area contributed by atoms with Gasteiger partial charge in [0.05, 0.1) is 13.2 Å². The average molecular weight is 382 g/mol. The lowest BCUT2D eigenvalue weighted by Gasteiger charge is -2.24. The maximum absolute atomic E-state index is 6.37. The Morgan fingerprint density at radius 3 is 1.38 bits per heavy atom. The minimum atomic E-state index is -2.10. The summed E-state index contributed by atoms with van der Waals surface area (Å²) in [6.45, 7) is 1.22. The quantitative estimate of drug-likeness (QED) is 0.580. The molecule has 2 nitrogen and oxygen atoms in total. The van der Waals surface area contributed by atoms with E-state index in [2.05, 4.69) is 72.8 Å². The SMILES string of the molecule is COCc1ccc(P(=S)(c2ccccc2)c2ccc(COC)cc2)cc1. The molecule has 0 heterocycles. The van der Waals surface area contributed by atoms with Gasteiger partial charge >= 0.3 is 0 Å². The van der Waals surface area contributed by atoms with E-state index >= 15 is 0 Å². The summed E-state index contributed by atoms with van der Waals surface area (Å²) >= 11 is 6.37. The first kappa shape index (κ1) is 19.0. The van der Waals surface area contributed by atoms with Gasteiger partial charge in [0.25, 0.3) is 0 Å². The van der Waals surface area contributed by atoms with Gasteiger partial charge in [-0.2, -0.15) is 0 Å². The third-order valence-electron chi connectivity index (χ3n) is 4.34. The van der Waals surface area contributed by atoms with E-state index in [1.54, 1.807) is 14.2 Å². The maximum atomic E-state index is 6.37. The molecular formula is C22H23O2PS. The van der Waals surface area contributed by atoms with Crippen molar-refractivity contribution in [2.75, 3.05) is 14.2 Å². The summed E-state index contributed by atoms with van der Waals surface area (Å²) in [5, 5.41) is 3.59. The Labute approximate surface area is 160 Å². The van der Waals surface area contributed by atoms with Crippen LogP contribution in [-0.4, -0.2) is 14.2 Å². The zero-order valence-electron chi connectivity index (χ0n) is 15.1. The predicted molar refractivity (Wildman–Crippen MR) is 114 cm³/mol. The van der Waals surface area contributed by atoms with Gasteiger partial charge in [0, 0.05) is 20.3 Å². The second-order valence-corrected chi connectivity index (χ2v) is 10.6. The van der Waals surface area contributed by atoms with Gasteiger partial charge in [0.15, 0.2) is 0 Å². The van der Waals surface area contributed by atoms with E-state index in [-0.39, 0.29) is 0 Å². The molecule has 0 saturated carbocycles. The van der Waals surface area contributed by atoms with Crippen molar-refractivity contribution in [1.82, 2.24) is 0 Å². The molecule has 134 valence electrons. The number of hydrogen-bond acceptors (Lipinski definition) is 3. The molecule has 0 radical (unpaired) electrons. The highest BCUT2D eigenvalue weighted by molar-refractivity contribution is 8.25.